The molecule has 7 nitrogen and oxygen atoms in total. The van der Waals surface area contributed by atoms with Gasteiger partial charge in [0.2, 0.25) is 0 Å². The van der Waals surface area contributed by atoms with Crippen LogP contribution in [0.15, 0.2) is 39.9 Å². The largest absolute Gasteiger partial charge is 0.495 e. The van der Waals surface area contributed by atoms with Gasteiger partial charge in [-0.1, -0.05) is 22.9 Å². The second-order valence-corrected chi connectivity index (χ2v) is 6.25. The lowest BCUT2D eigenvalue weighted by Crippen LogP contribution is -2.22. The fourth-order valence-corrected chi connectivity index (χ4v) is 3.57. The van der Waals surface area contributed by atoms with Crippen LogP contribution in [0.1, 0.15) is 10.6 Å². The van der Waals surface area contributed by atoms with Gasteiger partial charge in [0.05, 0.1) is 30.2 Å². The maximum atomic E-state index is 12.3. The summed E-state index contributed by atoms with van der Waals surface area (Å²) in [5.74, 6) is -0.453. The number of furan rings is 1. The average Bonchev–Trinajstić information content (AvgIpc) is 3.25. The number of benzene rings is 1. The summed E-state index contributed by atoms with van der Waals surface area (Å²) in [6.07, 6.45) is 1.38. The zero-order chi connectivity index (χ0) is 18.0. The lowest BCUT2D eigenvalue weighted by atomic mass is 10.3. The first kappa shape index (κ1) is 17.2. The van der Waals surface area contributed by atoms with E-state index in [-0.39, 0.29) is 17.1 Å². The standard InChI is InChI=1S/C16H13ClN2O5S/c1-22-10-6-5-9(17)14-13(10)19(8-12(20)23-2)16(25-14)18-15(21)11-4-3-7-24-11/h3-7H,8H2,1-2H3. The van der Waals surface area contributed by atoms with Gasteiger partial charge in [-0.05, 0) is 24.3 Å². The Hall–Kier alpha value is -2.58. The second kappa shape index (κ2) is 7.12. The summed E-state index contributed by atoms with van der Waals surface area (Å²) in [6.45, 7) is -0.141. The number of hydrogen-bond acceptors (Lipinski definition) is 6. The van der Waals surface area contributed by atoms with Crippen molar-refractivity contribution in [3.05, 3.63) is 46.1 Å². The van der Waals surface area contributed by atoms with Crippen LogP contribution in [0.25, 0.3) is 10.2 Å². The van der Waals surface area contributed by atoms with Crippen LogP contribution in [0.5, 0.6) is 5.75 Å². The van der Waals surface area contributed by atoms with Crippen LogP contribution in [0.4, 0.5) is 0 Å². The molecule has 1 aromatic carbocycles. The molecule has 0 aliphatic carbocycles. The fourth-order valence-electron chi connectivity index (χ4n) is 2.25. The molecule has 0 unspecified atom stereocenters. The van der Waals surface area contributed by atoms with Gasteiger partial charge < -0.3 is 18.5 Å². The van der Waals surface area contributed by atoms with E-state index in [2.05, 4.69) is 4.99 Å². The maximum Gasteiger partial charge on any atom is 0.325 e. The van der Waals surface area contributed by atoms with Crippen LogP contribution < -0.4 is 9.54 Å². The zero-order valence-corrected chi connectivity index (χ0v) is 14.9. The Labute approximate surface area is 151 Å². The summed E-state index contributed by atoms with van der Waals surface area (Å²) < 4.78 is 17.3. The van der Waals surface area contributed by atoms with Crippen molar-refractivity contribution in [1.29, 1.82) is 0 Å². The Morgan fingerprint density at radius 1 is 1.32 bits per heavy atom. The first-order chi connectivity index (χ1) is 12.0. The number of esters is 1. The molecule has 0 spiro atoms. The van der Waals surface area contributed by atoms with Crippen LogP contribution in [0.3, 0.4) is 0 Å². The highest BCUT2D eigenvalue weighted by Crippen LogP contribution is 2.33. The molecule has 0 aliphatic rings. The highest BCUT2D eigenvalue weighted by atomic mass is 35.5. The molecule has 0 saturated heterocycles. The van der Waals surface area contributed by atoms with E-state index >= 15 is 0 Å². The Morgan fingerprint density at radius 2 is 2.12 bits per heavy atom. The summed E-state index contributed by atoms with van der Waals surface area (Å²) in [7, 11) is 2.79. The number of nitrogens with zero attached hydrogens (tertiary/aromatic N) is 2. The molecule has 2 aromatic heterocycles. The summed E-state index contributed by atoms with van der Waals surface area (Å²) in [5.41, 5.74) is 0.566. The first-order valence-corrected chi connectivity index (χ1v) is 8.29. The van der Waals surface area contributed by atoms with Crippen molar-refractivity contribution in [3.63, 3.8) is 0 Å². The van der Waals surface area contributed by atoms with Gasteiger partial charge in [0.15, 0.2) is 10.6 Å². The Balaban J connectivity index is 2.26. The number of carbonyl (C=O) groups is 2. The van der Waals surface area contributed by atoms with E-state index in [1.165, 1.54) is 42.5 Å². The van der Waals surface area contributed by atoms with Gasteiger partial charge in [-0.2, -0.15) is 4.99 Å². The van der Waals surface area contributed by atoms with E-state index in [0.717, 1.165) is 0 Å². The number of rotatable bonds is 4. The van der Waals surface area contributed by atoms with Crippen LogP contribution in [-0.4, -0.2) is 30.7 Å². The fraction of sp³-hybridized carbons (Fsp3) is 0.188. The number of aromatic nitrogens is 1. The predicted octanol–water partition coefficient (Wildman–Crippen LogP) is 2.87. The third-order valence-corrected chi connectivity index (χ3v) is 4.94. The highest BCUT2D eigenvalue weighted by Gasteiger charge is 2.18. The highest BCUT2D eigenvalue weighted by molar-refractivity contribution is 7.17. The van der Waals surface area contributed by atoms with E-state index < -0.39 is 11.9 Å². The van der Waals surface area contributed by atoms with Crippen molar-refractivity contribution >= 4 is 45.0 Å². The minimum atomic E-state index is -0.565. The SMILES string of the molecule is COC(=O)Cn1c(=NC(=O)c2ccco2)sc2c(Cl)ccc(OC)c21. The summed E-state index contributed by atoms with van der Waals surface area (Å²) in [4.78, 5) is 28.4. The molecule has 0 N–H and O–H groups in total. The number of halogens is 1. The summed E-state index contributed by atoms with van der Waals surface area (Å²) >= 11 is 7.43. The third-order valence-electron chi connectivity index (χ3n) is 3.40. The van der Waals surface area contributed by atoms with E-state index in [9.17, 15) is 9.59 Å². The van der Waals surface area contributed by atoms with Gasteiger partial charge in [0.1, 0.15) is 17.8 Å². The minimum Gasteiger partial charge on any atom is -0.495 e. The van der Waals surface area contributed by atoms with Gasteiger partial charge in [-0.15, -0.1) is 0 Å². The molecule has 0 radical (unpaired) electrons. The van der Waals surface area contributed by atoms with Crippen molar-refractivity contribution in [1.82, 2.24) is 4.57 Å². The van der Waals surface area contributed by atoms with E-state index in [1.54, 1.807) is 18.2 Å². The van der Waals surface area contributed by atoms with Gasteiger partial charge >= 0.3 is 11.9 Å². The number of carbonyl (C=O) groups excluding carboxylic acids is 2. The number of ether oxygens (including phenoxy) is 2. The van der Waals surface area contributed by atoms with E-state index in [1.807, 2.05) is 0 Å². The molecule has 0 fully saturated rings. The number of thiazole rings is 1. The van der Waals surface area contributed by atoms with Crippen molar-refractivity contribution < 1.29 is 23.5 Å². The molecule has 0 saturated carbocycles. The summed E-state index contributed by atoms with van der Waals surface area (Å²) in [6, 6.07) is 6.47. The number of fused-ring (bicyclic) bond motifs is 1. The average molecular weight is 381 g/mol. The molecule has 2 heterocycles. The number of amides is 1. The minimum absolute atomic E-state index is 0.0973. The quantitative estimate of drug-likeness (QED) is 0.650. The molecule has 0 atom stereocenters. The Kier molecular flexibility index (Phi) is 4.91. The van der Waals surface area contributed by atoms with Gasteiger partial charge in [-0.3, -0.25) is 9.59 Å². The van der Waals surface area contributed by atoms with Crippen molar-refractivity contribution in [2.75, 3.05) is 14.2 Å². The monoisotopic (exact) mass is 380 g/mol. The van der Waals surface area contributed by atoms with Crippen LogP contribution in [0.2, 0.25) is 5.02 Å². The molecule has 25 heavy (non-hydrogen) atoms. The summed E-state index contributed by atoms with van der Waals surface area (Å²) in [5, 5.41) is 0.464. The molecular weight excluding hydrogens is 368 g/mol. The molecule has 3 rings (SSSR count). The maximum absolute atomic E-state index is 12.3. The molecular formula is C16H13ClN2O5S. The smallest absolute Gasteiger partial charge is 0.325 e. The van der Waals surface area contributed by atoms with Crippen LogP contribution in [-0.2, 0) is 16.1 Å². The Morgan fingerprint density at radius 3 is 2.76 bits per heavy atom. The lowest BCUT2D eigenvalue weighted by molar-refractivity contribution is -0.141. The van der Waals surface area contributed by atoms with Gasteiger partial charge in [-0.25, -0.2) is 0 Å². The topological polar surface area (TPSA) is 83.0 Å². The molecule has 1 amide bonds. The molecule has 9 heteroatoms. The van der Waals surface area contributed by atoms with Crippen molar-refractivity contribution in [2.45, 2.75) is 6.54 Å². The van der Waals surface area contributed by atoms with E-state index in [0.29, 0.717) is 21.0 Å². The zero-order valence-electron chi connectivity index (χ0n) is 13.3. The Bertz CT molecular complexity index is 1000. The molecule has 0 aliphatic heterocycles. The number of methoxy groups -OCH3 is 2. The molecule has 3 aromatic rings. The molecule has 0 bridgehead atoms. The van der Waals surface area contributed by atoms with E-state index in [4.69, 9.17) is 25.5 Å². The second-order valence-electron chi connectivity index (χ2n) is 4.87. The lowest BCUT2D eigenvalue weighted by Gasteiger charge is -2.08. The van der Waals surface area contributed by atoms with Crippen molar-refractivity contribution in [3.8, 4) is 5.75 Å². The van der Waals surface area contributed by atoms with Crippen LogP contribution in [0, 0.1) is 0 Å². The third kappa shape index (κ3) is 3.31. The van der Waals surface area contributed by atoms with Crippen molar-refractivity contribution in [2.24, 2.45) is 4.99 Å². The normalized spacial score (nSPS) is 11.7. The number of hydrogen-bond donors (Lipinski definition) is 0. The molecule has 130 valence electrons. The predicted molar refractivity (Wildman–Crippen MR) is 92.0 cm³/mol. The van der Waals surface area contributed by atoms with Crippen LogP contribution >= 0.6 is 22.9 Å². The van der Waals surface area contributed by atoms with Gasteiger partial charge in [0, 0.05) is 0 Å². The first-order valence-electron chi connectivity index (χ1n) is 7.10. The van der Waals surface area contributed by atoms with Gasteiger partial charge in [0.25, 0.3) is 0 Å².